The quantitative estimate of drug-likeness (QED) is 0.461. The van der Waals surface area contributed by atoms with Crippen LogP contribution in [0.3, 0.4) is 0 Å². The maximum Gasteiger partial charge on any atom is 0.236 e. The Morgan fingerprint density at radius 2 is 1.84 bits per heavy atom. The summed E-state index contributed by atoms with van der Waals surface area (Å²) in [7, 11) is 1.67. The van der Waals surface area contributed by atoms with Gasteiger partial charge < -0.3 is 19.7 Å². The second-order valence-electron chi connectivity index (χ2n) is 7.51. The number of methoxy groups -OCH3 is 1. The smallest absolute Gasteiger partial charge is 0.236 e. The molecule has 32 heavy (non-hydrogen) atoms. The average molecular weight is 472 g/mol. The molecule has 0 unspecified atom stereocenters. The van der Waals surface area contributed by atoms with E-state index in [0.717, 1.165) is 75.1 Å². The van der Waals surface area contributed by atoms with Gasteiger partial charge in [0.05, 0.1) is 19.4 Å². The SMILES string of the molecule is CCOc1nc(N2CCNCC2)nc2c1sc1nc(-c3ccc(OC)cc3)cc(C)c12.Cl. The molecule has 9 heteroatoms. The van der Waals surface area contributed by atoms with Gasteiger partial charge in [0.2, 0.25) is 11.8 Å². The Morgan fingerprint density at radius 1 is 1.09 bits per heavy atom. The highest BCUT2D eigenvalue weighted by Crippen LogP contribution is 2.40. The third-order valence-electron chi connectivity index (χ3n) is 5.51. The van der Waals surface area contributed by atoms with E-state index in [-0.39, 0.29) is 12.4 Å². The number of nitrogens with zero attached hydrogens (tertiary/aromatic N) is 4. The minimum absolute atomic E-state index is 0. The van der Waals surface area contributed by atoms with Gasteiger partial charge in [0.15, 0.2) is 0 Å². The molecule has 0 bridgehead atoms. The highest BCUT2D eigenvalue weighted by molar-refractivity contribution is 7.25. The summed E-state index contributed by atoms with van der Waals surface area (Å²) in [6, 6.07) is 10.1. The van der Waals surface area contributed by atoms with Crippen LogP contribution in [0.25, 0.3) is 31.7 Å². The standard InChI is InChI=1S/C23H25N5O2S.ClH/c1-4-30-21-20-19(26-23(27-21)28-11-9-24-10-12-28)18-14(2)13-17(25-22(18)31-20)15-5-7-16(29-3)8-6-15;/h5-8,13,24H,4,9-12H2,1-3H3;1H. The molecule has 5 rings (SSSR count). The van der Waals surface area contributed by atoms with Crippen molar-refractivity contribution in [1.82, 2.24) is 20.3 Å². The predicted octanol–water partition coefficient (Wildman–Crippen LogP) is 4.45. The number of fused-ring (bicyclic) bond motifs is 3. The number of nitrogens with one attached hydrogen (secondary N) is 1. The lowest BCUT2D eigenvalue weighted by Crippen LogP contribution is -2.44. The van der Waals surface area contributed by atoms with Crippen LogP contribution in [0.1, 0.15) is 12.5 Å². The van der Waals surface area contributed by atoms with Crippen molar-refractivity contribution in [2.24, 2.45) is 0 Å². The molecule has 0 atom stereocenters. The fraction of sp³-hybridized carbons (Fsp3) is 0.348. The summed E-state index contributed by atoms with van der Waals surface area (Å²) >= 11 is 1.60. The van der Waals surface area contributed by atoms with Crippen molar-refractivity contribution in [3.8, 4) is 22.9 Å². The highest BCUT2D eigenvalue weighted by Gasteiger charge is 2.21. The van der Waals surface area contributed by atoms with Gasteiger partial charge >= 0.3 is 0 Å². The van der Waals surface area contributed by atoms with Crippen LogP contribution in [-0.2, 0) is 0 Å². The molecule has 1 aliphatic rings. The third-order valence-corrected chi connectivity index (χ3v) is 6.57. The molecule has 1 saturated heterocycles. The Kier molecular flexibility index (Phi) is 6.64. The third kappa shape index (κ3) is 4.05. The lowest BCUT2D eigenvalue weighted by Gasteiger charge is -2.27. The zero-order valence-corrected chi connectivity index (χ0v) is 20.0. The maximum absolute atomic E-state index is 5.94. The Hall–Kier alpha value is -2.68. The molecule has 4 heterocycles. The van der Waals surface area contributed by atoms with E-state index in [1.807, 2.05) is 31.2 Å². The molecule has 0 saturated carbocycles. The number of hydrogen-bond donors (Lipinski definition) is 1. The van der Waals surface area contributed by atoms with Crippen molar-refractivity contribution < 1.29 is 9.47 Å². The predicted molar refractivity (Wildman–Crippen MR) is 133 cm³/mol. The van der Waals surface area contributed by atoms with E-state index >= 15 is 0 Å². The Bertz CT molecular complexity index is 1240. The average Bonchev–Trinajstić information content (AvgIpc) is 3.19. The van der Waals surface area contributed by atoms with Gasteiger partial charge in [-0.25, -0.2) is 9.97 Å². The van der Waals surface area contributed by atoms with E-state index in [9.17, 15) is 0 Å². The first-order valence-electron chi connectivity index (χ1n) is 10.5. The van der Waals surface area contributed by atoms with Crippen LogP contribution in [0.5, 0.6) is 11.6 Å². The lowest BCUT2D eigenvalue weighted by atomic mass is 10.1. The minimum atomic E-state index is 0. The van der Waals surface area contributed by atoms with Gasteiger partial charge in [-0.2, -0.15) is 4.98 Å². The number of halogens is 1. The van der Waals surface area contributed by atoms with Gasteiger partial charge in [0, 0.05) is 37.1 Å². The molecule has 0 aliphatic carbocycles. The first-order chi connectivity index (χ1) is 15.2. The molecular weight excluding hydrogens is 446 g/mol. The summed E-state index contributed by atoms with van der Waals surface area (Å²) in [5.74, 6) is 2.21. The number of aryl methyl sites for hydroxylation is 1. The normalized spacial score (nSPS) is 13.9. The maximum atomic E-state index is 5.94. The van der Waals surface area contributed by atoms with Gasteiger partial charge in [0.25, 0.3) is 0 Å². The van der Waals surface area contributed by atoms with Crippen LogP contribution >= 0.6 is 23.7 Å². The van der Waals surface area contributed by atoms with Gasteiger partial charge in [-0.05, 0) is 49.7 Å². The highest BCUT2D eigenvalue weighted by atomic mass is 35.5. The first-order valence-corrected chi connectivity index (χ1v) is 11.3. The van der Waals surface area contributed by atoms with Crippen molar-refractivity contribution in [2.45, 2.75) is 13.8 Å². The zero-order chi connectivity index (χ0) is 21.4. The van der Waals surface area contributed by atoms with Crippen molar-refractivity contribution in [3.05, 3.63) is 35.9 Å². The molecule has 1 N–H and O–H groups in total. The molecular formula is C23H26ClN5O2S. The first kappa shape index (κ1) is 22.5. The molecule has 4 aromatic rings. The Morgan fingerprint density at radius 3 is 2.53 bits per heavy atom. The van der Waals surface area contributed by atoms with E-state index in [2.05, 4.69) is 23.2 Å². The number of aromatic nitrogens is 3. The number of ether oxygens (including phenoxy) is 2. The molecule has 0 spiro atoms. The van der Waals surface area contributed by atoms with Gasteiger partial charge in [-0.1, -0.05) is 0 Å². The fourth-order valence-electron chi connectivity index (χ4n) is 3.93. The monoisotopic (exact) mass is 471 g/mol. The van der Waals surface area contributed by atoms with Crippen molar-refractivity contribution in [1.29, 1.82) is 0 Å². The van der Waals surface area contributed by atoms with E-state index < -0.39 is 0 Å². The zero-order valence-electron chi connectivity index (χ0n) is 18.3. The number of benzene rings is 1. The van der Waals surface area contributed by atoms with E-state index in [4.69, 9.17) is 24.4 Å². The number of thiophene rings is 1. The number of piperazine rings is 1. The Balaban J connectivity index is 0.00000245. The molecule has 1 fully saturated rings. The van der Waals surface area contributed by atoms with Gasteiger partial charge in [0.1, 0.15) is 20.8 Å². The van der Waals surface area contributed by atoms with E-state index in [0.29, 0.717) is 12.5 Å². The molecule has 1 aromatic carbocycles. The largest absolute Gasteiger partial charge is 0.497 e. The molecule has 0 amide bonds. The van der Waals surface area contributed by atoms with Crippen molar-refractivity contribution in [3.63, 3.8) is 0 Å². The summed E-state index contributed by atoms with van der Waals surface area (Å²) in [5.41, 5.74) is 4.07. The van der Waals surface area contributed by atoms with Gasteiger partial charge in [-0.15, -0.1) is 23.7 Å². The lowest BCUT2D eigenvalue weighted by molar-refractivity contribution is 0.331. The topological polar surface area (TPSA) is 72.4 Å². The van der Waals surface area contributed by atoms with Crippen LogP contribution < -0.4 is 19.7 Å². The molecule has 168 valence electrons. The molecule has 7 nitrogen and oxygen atoms in total. The fourth-order valence-corrected chi connectivity index (χ4v) is 5.07. The summed E-state index contributed by atoms with van der Waals surface area (Å²) < 4.78 is 12.2. The van der Waals surface area contributed by atoms with E-state index in [1.165, 1.54) is 0 Å². The Labute approximate surface area is 197 Å². The van der Waals surface area contributed by atoms with Crippen LogP contribution in [0.2, 0.25) is 0 Å². The van der Waals surface area contributed by atoms with Crippen LogP contribution in [0.4, 0.5) is 5.95 Å². The summed E-state index contributed by atoms with van der Waals surface area (Å²) in [4.78, 5) is 17.9. The second-order valence-corrected chi connectivity index (χ2v) is 8.51. The molecule has 0 radical (unpaired) electrons. The minimum Gasteiger partial charge on any atom is -0.497 e. The number of anilines is 1. The number of pyridine rings is 1. The number of rotatable bonds is 5. The molecule has 3 aromatic heterocycles. The van der Waals surface area contributed by atoms with Crippen LogP contribution in [-0.4, -0.2) is 54.8 Å². The van der Waals surface area contributed by atoms with Gasteiger partial charge in [-0.3, -0.25) is 0 Å². The van der Waals surface area contributed by atoms with Crippen LogP contribution in [0, 0.1) is 6.92 Å². The number of hydrogen-bond acceptors (Lipinski definition) is 8. The molecule has 1 aliphatic heterocycles. The van der Waals surface area contributed by atoms with Crippen LogP contribution in [0.15, 0.2) is 30.3 Å². The van der Waals surface area contributed by atoms with Crippen molar-refractivity contribution in [2.75, 3.05) is 44.8 Å². The second kappa shape index (κ2) is 9.44. The summed E-state index contributed by atoms with van der Waals surface area (Å²) in [6.07, 6.45) is 0. The summed E-state index contributed by atoms with van der Waals surface area (Å²) in [5, 5.41) is 4.46. The summed E-state index contributed by atoms with van der Waals surface area (Å²) in [6.45, 7) is 8.30. The van der Waals surface area contributed by atoms with Crippen molar-refractivity contribution >= 4 is 50.1 Å². The van der Waals surface area contributed by atoms with E-state index in [1.54, 1.807) is 18.4 Å².